The van der Waals surface area contributed by atoms with Gasteiger partial charge in [0.15, 0.2) is 5.78 Å². The van der Waals surface area contributed by atoms with E-state index in [2.05, 4.69) is 11.8 Å². The van der Waals surface area contributed by atoms with E-state index in [-0.39, 0.29) is 11.6 Å². The number of piperidine rings is 1. The summed E-state index contributed by atoms with van der Waals surface area (Å²) in [5.74, 6) is -0.0357. The predicted octanol–water partition coefficient (Wildman–Crippen LogP) is 2.89. The van der Waals surface area contributed by atoms with Crippen molar-refractivity contribution in [2.24, 2.45) is 0 Å². The topological polar surface area (TPSA) is 20.3 Å². The number of likely N-dealkylation sites (tertiary alicyclic amines) is 1. The number of ketones is 1. The highest BCUT2D eigenvalue weighted by molar-refractivity contribution is 6.00. The summed E-state index contributed by atoms with van der Waals surface area (Å²) in [4.78, 5) is 14.1. The SMILES string of the molecule is CCCN1CCC(=O)/C(=C/c2ccc(F)cc2)C1. The van der Waals surface area contributed by atoms with Crippen LogP contribution >= 0.6 is 0 Å². The maximum atomic E-state index is 12.8. The second-order valence-electron chi connectivity index (χ2n) is 4.67. The lowest BCUT2D eigenvalue weighted by atomic mass is 10.0. The number of nitrogens with zero attached hydrogens (tertiary/aromatic N) is 1. The maximum Gasteiger partial charge on any atom is 0.161 e. The quantitative estimate of drug-likeness (QED) is 0.765. The minimum atomic E-state index is -0.250. The minimum absolute atomic E-state index is 0.215. The first-order valence-electron chi connectivity index (χ1n) is 6.40. The smallest absolute Gasteiger partial charge is 0.161 e. The van der Waals surface area contributed by atoms with Crippen molar-refractivity contribution in [3.63, 3.8) is 0 Å². The first kappa shape index (κ1) is 13.0. The van der Waals surface area contributed by atoms with E-state index in [9.17, 15) is 9.18 Å². The van der Waals surface area contributed by atoms with Crippen LogP contribution < -0.4 is 0 Å². The molecule has 0 saturated carbocycles. The Balaban J connectivity index is 2.14. The van der Waals surface area contributed by atoms with Gasteiger partial charge in [-0.05, 0) is 36.7 Å². The molecule has 0 aliphatic carbocycles. The summed E-state index contributed by atoms with van der Waals surface area (Å²) in [5.41, 5.74) is 1.72. The fraction of sp³-hybridized carbons (Fsp3) is 0.400. The van der Waals surface area contributed by atoms with Crippen molar-refractivity contribution in [1.82, 2.24) is 4.90 Å². The van der Waals surface area contributed by atoms with Crippen LogP contribution in [0.5, 0.6) is 0 Å². The maximum absolute atomic E-state index is 12.8. The predicted molar refractivity (Wildman–Crippen MR) is 70.7 cm³/mol. The van der Waals surface area contributed by atoms with Crippen LogP contribution in [0.25, 0.3) is 6.08 Å². The van der Waals surface area contributed by atoms with Crippen molar-refractivity contribution in [1.29, 1.82) is 0 Å². The first-order valence-corrected chi connectivity index (χ1v) is 6.40. The molecule has 0 radical (unpaired) electrons. The molecule has 1 aromatic rings. The highest BCUT2D eigenvalue weighted by Gasteiger charge is 2.20. The molecule has 0 aromatic heterocycles. The second-order valence-corrected chi connectivity index (χ2v) is 4.67. The standard InChI is InChI=1S/C15H18FNO/c1-2-8-17-9-7-15(18)13(11-17)10-12-3-5-14(16)6-4-12/h3-6,10H,2,7-9,11H2,1H3/b13-10+. The summed E-state index contributed by atoms with van der Waals surface area (Å²) in [6.45, 7) is 4.73. The van der Waals surface area contributed by atoms with Gasteiger partial charge in [-0.2, -0.15) is 0 Å². The van der Waals surface area contributed by atoms with E-state index >= 15 is 0 Å². The third-order valence-electron chi connectivity index (χ3n) is 3.16. The van der Waals surface area contributed by atoms with Crippen LogP contribution in [0, 0.1) is 5.82 Å². The van der Waals surface area contributed by atoms with E-state index in [0.29, 0.717) is 13.0 Å². The van der Waals surface area contributed by atoms with Gasteiger partial charge >= 0.3 is 0 Å². The Morgan fingerprint density at radius 3 is 2.72 bits per heavy atom. The molecule has 1 heterocycles. The summed E-state index contributed by atoms with van der Waals surface area (Å²) in [5, 5.41) is 0. The number of halogens is 1. The van der Waals surface area contributed by atoms with Crippen molar-refractivity contribution in [3.8, 4) is 0 Å². The van der Waals surface area contributed by atoms with Crippen LogP contribution in [0.3, 0.4) is 0 Å². The van der Waals surface area contributed by atoms with Gasteiger partial charge in [-0.25, -0.2) is 4.39 Å². The van der Waals surface area contributed by atoms with E-state index < -0.39 is 0 Å². The lowest BCUT2D eigenvalue weighted by molar-refractivity contribution is -0.117. The first-order chi connectivity index (χ1) is 8.69. The number of hydrogen-bond donors (Lipinski definition) is 0. The fourth-order valence-corrected chi connectivity index (χ4v) is 2.22. The molecule has 0 bridgehead atoms. The number of benzene rings is 1. The minimum Gasteiger partial charge on any atom is -0.299 e. The zero-order valence-corrected chi connectivity index (χ0v) is 10.7. The summed E-state index contributed by atoms with van der Waals surface area (Å²) < 4.78 is 12.8. The molecule has 0 unspecified atom stereocenters. The van der Waals surface area contributed by atoms with Gasteiger partial charge in [-0.15, -0.1) is 0 Å². The summed E-state index contributed by atoms with van der Waals surface area (Å²) in [7, 11) is 0. The Labute approximate surface area is 107 Å². The van der Waals surface area contributed by atoms with Gasteiger partial charge in [-0.1, -0.05) is 19.1 Å². The van der Waals surface area contributed by atoms with Gasteiger partial charge in [0.2, 0.25) is 0 Å². The molecule has 1 aliphatic heterocycles. The fourth-order valence-electron chi connectivity index (χ4n) is 2.22. The van der Waals surface area contributed by atoms with Crippen LogP contribution in [0.15, 0.2) is 29.8 Å². The van der Waals surface area contributed by atoms with Crippen LogP contribution in [-0.4, -0.2) is 30.3 Å². The summed E-state index contributed by atoms with van der Waals surface area (Å²) in [6.07, 6.45) is 3.56. The average molecular weight is 247 g/mol. The number of Topliss-reactive ketones (excluding diaryl/α,β-unsaturated/α-hetero) is 1. The zero-order chi connectivity index (χ0) is 13.0. The molecule has 0 spiro atoms. The van der Waals surface area contributed by atoms with Gasteiger partial charge in [0, 0.05) is 25.1 Å². The van der Waals surface area contributed by atoms with Crippen LogP contribution in [0.1, 0.15) is 25.3 Å². The van der Waals surface area contributed by atoms with Crippen LogP contribution in [-0.2, 0) is 4.79 Å². The van der Waals surface area contributed by atoms with E-state index in [1.807, 2.05) is 6.08 Å². The van der Waals surface area contributed by atoms with Crippen molar-refractivity contribution >= 4 is 11.9 Å². The van der Waals surface area contributed by atoms with Gasteiger partial charge in [-0.3, -0.25) is 9.69 Å². The molecule has 1 fully saturated rings. The third-order valence-corrected chi connectivity index (χ3v) is 3.16. The molecule has 1 aliphatic rings. The highest BCUT2D eigenvalue weighted by Crippen LogP contribution is 2.16. The Kier molecular flexibility index (Phi) is 4.26. The molecule has 96 valence electrons. The number of carbonyl (C=O) groups excluding carboxylic acids is 1. The highest BCUT2D eigenvalue weighted by atomic mass is 19.1. The molecular weight excluding hydrogens is 229 g/mol. The van der Waals surface area contributed by atoms with Crippen LogP contribution in [0.4, 0.5) is 4.39 Å². The zero-order valence-electron chi connectivity index (χ0n) is 10.7. The van der Waals surface area contributed by atoms with Crippen molar-refractivity contribution in [2.45, 2.75) is 19.8 Å². The van der Waals surface area contributed by atoms with Crippen molar-refractivity contribution in [2.75, 3.05) is 19.6 Å². The largest absolute Gasteiger partial charge is 0.299 e. The Morgan fingerprint density at radius 1 is 1.33 bits per heavy atom. The lowest BCUT2D eigenvalue weighted by Gasteiger charge is -2.27. The van der Waals surface area contributed by atoms with Gasteiger partial charge < -0.3 is 0 Å². The number of carbonyl (C=O) groups is 1. The molecule has 2 nitrogen and oxygen atoms in total. The van der Waals surface area contributed by atoms with Gasteiger partial charge in [0.1, 0.15) is 5.82 Å². The molecule has 3 heteroatoms. The second kappa shape index (κ2) is 5.91. The van der Waals surface area contributed by atoms with E-state index in [1.54, 1.807) is 12.1 Å². The van der Waals surface area contributed by atoms with E-state index in [0.717, 1.165) is 30.6 Å². The molecule has 1 aromatic carbocycles. The molecule has 0 N–H and O–H groups in total. The van der Waals surface area contributed by atoms with Crippen molar-refractivity contribution in [3.05, 3.63) is 41.2 Å². The molecule has 18 heavy (non-hydrogen) atoms. The van der Waals surface area contributed by atoms with Gasteiger partial charge in [0.25, 0.3) is 0 Å². The molecule has 1 saturated heterocycles. The number of hydrogen-bond acceptors (Lipinski definition) is 2. The summed E-state index contributed by atoms with van der Waals surface area (Å²) >= 11 is 0. The Hall–Kier alpha value is -1.48. The van der Waals surface area contributed by atoms with E-state index in [4.69, 9.17) is 0 Å². The normalized spacial score (nSPS) is 19.4. The third kappa shape index (κ3) is 3.26. The van der Waals surface area contributed by atoms with Crippen LogP contribution in [0.2, 0.25) is 0 Å². The van der Waals surface area contributed by atoms with Crippen molar-refractivity contribution < 1.29 is 9.18 Å². The monoisotopic (exact) mass is 247 g/mol. The molecule has 2 rings (SSSR count). The lowest BCUT2D eigenvalue weighted by Crippen LogP contribution is -2.36. The summed E-state index contributed by atoms with van der Waals surface area (Å²) in [6, 6.07) is 6.25. The number of rotatable bonds is 3. The van der Waals surface area contributed by atoms with Gasteiger partial charge in [0.05, 0.1) is 0 Å². The molecule has 0 atom stereocenters. The molecule has 0 amide bonds. The van der Waals surface area contributed by atoms with E-state index in [1.165, 1.54) is 12.1 Å². The Morgan fingerprint density at radius 2 is 2.06 bits per heavy atom. The average Bonchev–Trinajstić information content (AvgIpc) is 2.36. The Bertz CT molecular complexity index is 450. The molecular formula is C15H18FNO.